The van der Waals surface area contributed by atoms with Crippen LogP contribution in [0, 0.1) is 13.8 Å². The van der Waals surface area contributed by atoms with Crippen molar-refractivity contribution in [3.05, 3.63) is 64.7 Å². The Labute approximate surface area is 133 Å². The molecule has 0 saturated carbocycles. The number of hydrogen-bond acceptors (Lipinski definition) is 1. The second-order valence-electron chi connectivity index (χ2n) is 5.75. The van der Waals surface area contributed by atoms with E-state index in [0.717, 1.165) is 17.7 Å². The minimum atomic E-state index is -0.170. The van der Waals surface area contributed by atoms with Crippen molar-refractivity contribution in [2.24, 2.45) is 0 Å². The molecule has 108 valence electrons. The van der Waals surface area contributed by atoms with Gasteiger partial charge in [-0.3, -0.25) is 4.79 Å². The average Bonchev–Trinajstić information content (AvgIpc) is 2.57. The normalized spacial score (nSPS) is 21.4. The summed E-state index contributed by atoms with van der Waals surface area (Å²) in [6.07, 6.45) is 0.769. The summed E-state index contributed by atoms with van der Waals surface area (Å²) in [5.74, 6) is 0.265. The predicted molar refractivity (Wildman–Crippen MR) is 90.2 cm³/mol. The van der Waals surface area contributed by atoms with Crippen LogP contribution in [0.25, 0.3) is 0 Å². The Hall–Kier alpha value is -1.61. The van der Waals surface area contributed by atoms with Crippen molar-refractivity contribution in [2.45, 2.75) is 31.0 Å². The third-order valence-corrected chi connectivity index (χ3v) is 4.84. The van der Waals surface area contributed by atoms with E-state index in [4.69, 9.17) is 0 Å². The molecular formula is C18H18BrNO. The Morgan fingerprint density at radius 3 is 2.43 bits per heavy atom. The Kier molecular flexibility index (Phi) is 3.85. The first-order valence-corrected chi connectivity index (χ1v) is 8.08. The lowest BCUT2D eigenvalue weighted by Crippen LogP contribution is -2.21. The smallest absolute Gasteiger partial charge is 0.238 e. The van der Waals surface area contributed by atoms with Gasteiger partial charge in [-0.05, 0) is 43.0 Å². The van der Waals surface area contributed by atoms with Crippen LogP contribution in [-0.2, 0) is 4.79 Å². The zero-order valence-electron chi connectivity index (χ0n) is 12.2. The second kappa shape index (κ2) is 5.64. The first-order valence-electron chi connectivity index (χ1n) is 7.16. The fourth-order valence-electron chi connectivity index (χ4n) is 2.85. The zero-order valence-corrected chi connectivity index (χ0v) is 13.8. The minimum absolute atomic E-state index is 0.0384. The molecule has 0 aliphatic carbocycles. The van der Waals surface area contributed by atoms with Gasteiger partial charge in [-0.15, -0.1) is 0 Å². The lowest BCUT2D eigenvalue weighted by Gasteiger charge is -2.19. The molecule has 0 saturated heterocycles. The number of alkyl halides is 1. The molecule has 0 spiro atoms. The first kappa shape index (κ1) is 14.3. The quantitative estimate of drug-likeness (QED) is 0.756. The van der Waals surface area contributed by atoms with Crippen LogP contribution in [0.15, 0.2) is 42.5 Å². The van der Waals surface area contributed by atoms with Crippen LogP contribution in [-0.4, -0.2) is 10.7 Å². The number of hydrogen-bond donors (Lipinski definition) is 1. The number of fused-ring (bicyclic) bond motifs is 1. The number of aryl methyl sites for hydroxylation is 2. The molecule has 1 amide bonds. The summed E-state index contributed by atoms with van der Waals surface area (Å²) >= 11 is 3.52. The van der Waals surface area contributed by atoms with Crippen molar-refractivity contribution < 1.29 is 4.79 Å². The van der Waals surface area contributed by atoms with Crippen LogP contribution in [0.5, 0.6) is 0 Å². The minimum Gasteiger partial charge on any atom is -0.325 e. The molecule has 2 nitrogen and oxygen atoms in total. The molecule has 1 aliphatic rings. The van der Waals surface area contributed by atoms with E-state index in [9.17, 15) is 4.79 Å². The molecule has 0 aromatic heterocycles. The Morgan fingerprint density at radius 1 is 1.05 bits per heavy atom. The molecule has 0 bridgehead atoms. The highest BCUT2D eigenvalue weighted by molar-refractivity contribution is 9.10. The SMILES string of the molecule is Cc1ccc(C2CC(Br)C(=O)Nc3cc(C)ccc32)cc1. The van der Waals surface area contributed by atoms with Gasteiger partial charge >= 0.3 is 0 Å². The molecule has 0 radical (unpaired) electrons. The third kappa shape index (κ3) is 2.88. The lowest BCUT2D eigenvalue weighted by molar-refractivity contribution is -0.115. The third-order valence-electron chi connectivity index (χ3n) is 4.05. The average molecular weight is 344 g/mol. The summed E-state index contributed by atoms with van der Waals surface area (Å²) < 4.78 is 0. The number of nitrogens with one attached hydrogen (secondary N) is 1. The molecule has 2 unspecified atom stereocenters. The van der Waals surface area contributed by atoms with E-state index in [0.29, 0.717) is 0 Å². The number of anilines is 1. The van der Waals surface area contributed by atoms with E-state index in [2.05, 4.69) is 70.6 Å². The highest BCUT2D eigenvalue weighted by atomic mass is 79.9. The molecule has 2 aromatic rings. The standard InChI is InChI=1S/C18H18BrNO/c1-11-3-6-13(7-4-11)15-10-16(19)18(21)20-17-9-12(2)5-8-14(15)17/h3-9,15-16H,10H2,1-2H3,(H,20,21). The summed E-state index contributed by atoms with van der Waals surface area (Å²) in [5, 5.41) is 3.04. The van der Waals surface area contributed by atoms with Crippen LogP contribution in [0.2, 0.25) is 0 Å². The van der Waals surface area contributed by atoms with E-state index in [1.165, 1.54) is 16.7 Å². The molecule has 3 heteroatoms. The molecule has 3 rings (SSSR count). The maximum Gasteiger partial charge on any atom is 0.238 e. The van der Waals surface area contributed by atoms with Crippen molar-refractivity contribution in [3.63, 3.8) is 0 Å². The maximum absolute atomic E-state index is 12.2. The summed E-state index contributed by atoms with van der Waals surface area (Å²) in [7, 11) is 0. The fourth-order valence-corrected chi connectivity index (χ4v) is 3.34. The summed E-state index contributed by atoms with van der Waals surface area (Å²) in [6, 6.07) is 14.9. The Bertz CT molecular complexity index is 678. The molecule has 0 fully saturated rings. The van der Waals surface area contributed by atoms with Gasteiger partial charge in [0, 0.05) is 11.6 Å². The molecular weight excluding hydrogens is 326 g/mol. The summed E-state index contributed by atoms with van der Waals surface area (Å²) in [4.78, 5) is 12.0. The molecule has 2 atom stereocenters. The van der Waals surface area contributed by atoms with Gasteiger partial charge in [0.05, 0.1) is 4.83 Å². The predicted octanol–water partition coefficient (Wildman–Crippen LogP) is 4.54. The monoisotopic (exact) mass is 343 g/mol. The van der Waals surface area contributed by atoms with E-state index < -0.39 is 0 Å². The van der Waals surface area contributed by atoms with Crippen molar-refractivity contribution in [2.75, 3.05) is 5.32 Å². The summed E-state index contributed by atoms with van der Waals surface area (Å²) in [5.41, 5.74) is 5.80. The molecule has 2 aromatic carbocycles. The van der Waals surface area contributed by atoms with Gasteiger partial charge in [0.1, 0.15) is 0 Å². The highest BCUT2D eigenvalue weighted by Gasteiger charge is 2.29. The van der Waals surface area contributed by atoms with Gasteiger partial charge in [-0.2, -0.15) is 0 Å². The highest BCUT2D eigenvalue weighted by Crippen LogP contribution is 2.38. The van der Waals surface area contributed by atoms with E-state index >= 15 is 0 Å². The van der Waals surface area contributed by atoms with Crippen molar-refractivity contribution in [3.8, 4) is 0 Å². The molecule has 1 N–H and O–H groups in total. The number of halogens is 1. The number of rotatable bonds is 1. The van der Waals surface area contributed by atoms with Crippen LogP contribution < -0.4 is 5.32 Å². The van der Waals surface area contributed by atoms with Gasteiger partial charge in [-0.25, -0.2) is 0 Å². The fraction of sp³-hybridized carbons (Fsp3) is 0.278. The maximum atomic E-state index is 12.2. The lowest BCUT2D eigenvalue weighted by atomic mass is 9.86. The van der Waals surface area contributed by atoms with Crippen LogP contribution in [0.4, 0.5) is 5.69 Å². The number of benzene rings is 2. The largest absolute Gasteiger partial charge is 0.325 e. The van der Waals surface area contributed by atoms with E-state index in [1.807, 2.05) is 6.92 Å². The first-order chi connectivity index (χ1) is 10.0. The molecule has 1 aliphatic heterocycles. The second-order valence-corrected chi connectivity index (χ2v) is 6.85. The van der Waals surface area contributed by atoms with Gasteiger partial charge < -0.3 is 5.32 Å². The number of carbonyl (C=O) groups excluding carboxylic acids is 1. The van der Waals surface area contributed by atoms with Crippen molar-refractivity contribution >= 4 is 27.5 Å². The van der Waals surface area contributed by atoms with Gasteiger partial charge in [0.15, 0.2) is 0 Å². The van der Waals surface area contributed by atoms with Crippen molar-refractivity contribution in [1.82, 2.24) is 0 Å². The van der Waals surface area contributed by atoms with Crippen LogP contribution in [0.1, 0.15) is 34.6 Å². The van der Waals surface area contributed by atoms with Gasteiger partial charge in [-0.1, -0.05) is 57.9 Å². The molecule has 1 heterocycles. The van der Waals surface area contributed by atoms with E-state index in [-0.39, 0.29) is 16.7 Å². The number of amides is 1. The summed E-state index contributed by atoms with van der Waals surface area (Å²) in [6.45, 7) is 4.14. The van der Waals surface area contributed by atoms with Crippen molar-refractivity contribution in [1.29, 1.82) is 0 Å². The van der Waals surface area contributed by atoms with Crippen LogP contribution >= 0.6 is 15.9 Å². The van der Waals surface area contributed by atoms with Crippen LogP contribution in [0.3, 0.4) is 0 Å². The topological polar surface area (TPSA) is 29.1 Å². The van der Waals surface area contributed by atoms with E-state index in [1.54, 1.807) is 0 Å². The molecule has 21 heavy (non-hydrogen) atoms. The Balaban J connectivity index is 2.11. The van der Waals surface area contributed by atoms with Gasteiger partial charge in [0.2, 0.25) is 5.91 Å². The number of carbonyl (C=O) groups is 1. The van der Waals surface area contributed by atoms with Gasteiger partial charge in [0.25, 0.3) is 0 Å². The zero-order chi connectivity index (χ0) is 15.0. The Morgan fingerprint density at radius 2 is 1.71 bits per heavy atom.